The Morgan fingerprint density at radius 2 is 1.95 bits per heavy atom. The molecule has 5 nitrogen and oxygen atoms in total. The van der Waals surface area contributed by atoms with Gasteiger partial charge >= 0.3 is 5.97 Å². The summed E-state index contributed by atoms with van der Waals surface area (Å²) < 4.78 is 13.1. The van der Waals surface area contributed by atoms with Crippen LogP contribution in [0.25, 0.3) is 0 Å². The maximum atomic E-state index is 13.1. The lowest BCUT2D eigenvalue weighted by Gasteiger charge is -2.15. The number of aliphatic carboxylic acids is 1. The number of rotatable bonds is 4. The number of halogens is 2. The minimum atomic E-state index is -1.27. The second-order valence-corrected chi connectivity index (χ2v) is 4.51. The zero-order valence-electron chi connectivity index (χ0n) is 10.6. The molecule has 7 heteroatoms. The fourth-order valence-corrected chi connectivity index (χ4v) is 1.91. The van der Waals surface area contributed by atoms with Gasteiger partial charge in [-0.3, -0.25) is 4.79 Å². The fraction of sp³-hybridized carbons (Fsp3) is 0.0714. The lowest BCUT2D eigenvalue weighted by atomic mass is 10.1. The maximum absolute atomic E-state index is 13.1. The number of hydrogen-bond acceptors (Lipinski definition) is 3. The molecule has 0 saturated carbocycles. The first-order valence-electron chi connectivity index (χ1n) is 5.88. The maximum Gasteiger partial charge on any atom is 0.330 e. The molecule has 2 N–H and O–H groups in total. The number of carboxylic acid groups (broad SMARTS) is 1. The Kier molecular flexibility index (Phi) is 4.49. The molecule has 0 fully saturated rings. The second-order valence-electron chi connectivity index (χ2n) is 4.15. The molecule has 1 aromatic carbocycles. The Bertz CT molecular complexity index is 679. The van der Waals surface area contributed by atoms with Crippen molar-refractivity contribution in [2.24, 2.45) is 0 Å². The summed E-state index contributed by atoms with van der Waals surface area (Å²) >= 11 is 5.71. The zero-order valence-corrected chi connectivity index (χ0v) is 11.3. The fourth-order valence-electron chi connectivity index (χ4n) is 1.72. The molecule has 2 aromatic rings. The smallest absolute Gasteiger partial charge is 0.330 e. The average molecular weight is 309 g/mol. The van der Waals surface area contributed by atoms with Crippen LogP contribution in [0.2, 0.25) is 5.15 Å². The third kappa shape index (κ3) is 3.55. The van der Waals surface area contributed by atoms with Crippen molar-refractivity contribution in [3.63, 3.8) is 0 Å². The van der Waals surface area contributed by atoms with Crippen molar-refractivity contribution < 1.29 is 19.1 Å². The second kappa shape index (κ2) is 6.32. The largest absolute Gasteiger partial charge is 0.479 e. The lowest BCUT2D eigenvalue weighted by Crippen LogP contribution is -2.34. The highest BCUT2D eigenvalue weighted by Gasteiger charge is 2.24. The molecule has 1 heterocycles. The first-order chi connectivity index (χ1) is 9.99. The molecule has 0 spiro atoms. The van der Waals surface area contributed by atoms with E-state index >= 15 is 0 Å². The highest BCUT2D eigenvalue weighted by atomic mass is 35.5. The molecule has 21 heavy (non-hydrogen) atoms. The van der Waals surface area contributed by atoms with Crippen molar-refractivity contribution in [2.45, 2.75) is 6.04 Å². The van der Waals surface area contributed by atoms with Gasteiger partial charge in [0.25, 0.3) is 5.91 Å². The number of carboxylic acids is 1. The molecule has 0 saturated heterocycles. The molecule has 1 aromatic heterocycles. The summed E-state index contributed by atoms with van der Waals surface area (Å²) in [4.78, 5) is 26.8. The van der Waals surface area contributed by atoms with Gasteiger partial charge in [-0.2, -0.15) is 0 Å². The number of benzene rings is 1. The first kappa shape index (κ1) is 14.9. The highest BCUT2D eigenvalue weighted by Crippen LogP contribution is 2.17. The summed E-state index contributed by atoms with van der Waals surface area (Å²) in [5.74, 6) is -2.80. The summed E-state index contributed by atoms with van der Waals surface area (Å²) in [6.07, 6.45) is 0.866. The van der Waals surface area contributed by atoms with E-state index < -0.39 is 23.7 Å². The van der Waals surface area contributed by atoms with Crippen LogP contribution in [-0.2, 0) is 4.79 Å². The number of nitrogens with zero attached hydrogens (tertiary/aromatic N) is 1. The van der Waals surface area contributed by atoms with Crippen molar-refractivity contribution in [1.82, 2.24) is 10.3 Å². The quantitative estimate of drug-likeness (QED) is 0.850. The number of aromatic nitrogens is 1. The monoisotopic (exact) mass is 308 g/mol. The van der Waals surface area contributed by atoms with Crippen LogP contribution in [0, 0.1) is 5.82 Å². The Hall–Kier alpha value is -2.47. The number of nitrogens with one attached hydrogen (secondary N) is 1. The molecule has 1 atom stereocenters. The van der Waals surface area contributed by atoms with Gasteiger partial charge in [0.2, 0.25) is 0 Å². The van der Waals surface area contributed by atoms with Gasteiger partial charge in [0.15, 0.2) is 6.04 Å². The standard InChI is InChI=1S/C14H10ClFN2O3/c15-12-10(6-9(16)7-17-12)13(19)18-11(14(20)21)8-4-2-1-3-5-8/h1-7,11H,(H,18,19)(H,20,21)/t11-/m0/s1. The molecule has 2 rings (SSSR count). The third-order valence-electron chi connectivity index (χ3n) is 2.71. The third-order valence-corrected chi connectivity index (χ3v) is 3.01. The van der Waals surface area contributed by atoms with Crippen molar-refractivity contribution in [3.05, 3.63) is 64.7 Å². The normalized spacial score (nSPS) is 11.7. The van der Waals surface area contributed by atoms with Crippen LogP contribution in [0.15, 0.2) is 42.6 Å². The number of carbonyl (C=O) groups excluding carboxylic acids is 1. The van der Waals surface area contributed by atoms with Crippen LogP contribution < -0.4 is 5.32 Å². The molecule has 0 radical (unpaired) electrons. The summed E-state index contributed by atoms with van der Waals surface area (Å²) in [5.41, 5.74) is 0.165. The van der Waals surface area contributed by atoms with Crippen molar-refractivity contribution in [1.29, 1.82) is 0 Å². The van der Waals surface area contributed by atoms with Gasteiger partial charge in [0, 0.05) is 0 Å². The van der Waals surface area contributed by atoms with E-state index in [1.54, 1.807) is 30.3 Å². The van der Waals surface area contributed by atoms with Gasteiger partial charge in [0.05, 0.1) is 11.8 Å². The highest BCUT2D eigenvalue weighted by molar-refractivity contribution is 6.32. The predicted molar refractivity (Wildman–Crippen MR) is 73.5 cm³/mol. The van der Waals surface area contributed by atoms with Gasteiger partial charge in [0.1, 0.15) is 11.0 Å². The minimum absolute atomic E-state index is 0.203. The minimum Gasteiger partial charge on any atom is -0.479 e. The van der Waals surface area contributed by atoms with E-state index in [0.717, 1.165) is 12.3 Å². The molecule has 0 aliphatic rings. The van der Waals surface area contributed by atoms with E-state index in [9.17, 15) is 19.1 Å². The predicted octanol–water partition coefficient (Wildman–Crippen LogP) is 2.43. The SMILES string of the molecule is O=C(N[C@H](C(=O)O)c1ccccc1)c1cc(F)cnc1Cl. The molecule has 1 amide bonds. The first-order valence-corrected chi connectivity index (χ1v) is 6.26. The summed E-state index contributed by atoms with van der Waals surface area (Å²) in [6, 6.07) is 7.77. The van der Waals surface area contributed by atoms with Gasteiger partial charge in [-0.15, -0.1) is 0 Å². The van der Waals surface area contributed by atoms with Crippen LogP contribution in [-0.4, -0.2) is 22.0 Å². The van der Waals surface area contributed by atoms with Crippen molar-refractivity contribution in [3.8, 4) is 0 Å². The summed E-state index contributed by atoms with van der Waals surface area (Å²) in [5, 5.41) is 11.3. The van der Waals surface area contributed by atoms with E-state index in [0.29, 0.717) is 5.56 Å². The molecule has 0 unspecified atom stereocenters. The van der Waals surface area contributed by atoms with Crippen LogP contribution in [0.1, 0.15) is 22.0 Å². The van der Waals surface area contributed by atoms with Crippen LogP contribution in [0.5, 0.6) is 0 Å². The number of carbonyl (C=O) groups is 2. The number of hydrogen-bond donors (Lipinski definition) is 2. The Labute approximate surface area is 124 Å². The summed E-state index contributed by atoms with van der Waals surface area (Å²) in [6.45, 7) is 0. The number of pyridine rings is 1. The number of amides is 1. The lowest BCUT2D eigenvalue weighted by molar-refractivity contribution is -0.139. The van der Waals surface area contributed by atoms with E-state index in [1.807, 2.05) is 0 Å². The molecule has 0 aliphatic carbocycles. The summed E-state index contributed by atoms with van der Waals surface area (Å²) in [7, 11) is 0. The van der Waals surface area contributed by atoms with Gasteiger partial charge in [-0.05, 0) is 11.6 Å². The van der Waals surface area contributed by atoms with Crippen LogP contribution >= 0.6 is 11.6 Å². The topological polar surface area (TPSA) is 79.3 Å². The molecule has 108 valence electrons. The Balaban J connectivity index is 2.27. The molecular formula is C14H10ClFN2O3. The molecule has 0 bridgehead atoms. The van der Waals surface area contributed by atoms with Gasteiger partial charge in [-0.25, -0.2) is 14.2 Å². The van der Waals surface area contributed by atoms with E-state index in [-0.39, 0.29) is 10.7 Å². The molecular weight excluding hydrogens is 299 g/mol. The van der Waals surface area contributed by atoms with Gasteiger partial charge in [-0.1, -0.05) is 41.9 Å². The van der Waals surface area contributed by atoms with Crippen LogP contribution in [0.4, 0.5) is 4.39 Å². The molecule has 0 aliphatic heterocycles. The Morgan fingerprint density at radius 1 is 1.29 bits per heavy atom. The zero-order chi connectivity index (χ0) is 15.4. The van der Waals surface area contributed by atoms with E-state index in [4.69, 9.17) is 11.6 Å². The van der Waals surface area contributed by atoms with E-state index in [2.05, 4.69) is 10.3 Å². The van der Waals surface area contributed by atoms with Gasteiger partial charge < -0.3 is 10.4 Å². The Morgan fingerprint density at radius 3 is 2.57 bits per heavy atom. The van der Waals surface area contributed by atoms with Crippen molar-refractivity contribution in [2.75, 3.05) is 0 Å². The van der Waals surface area contributed by atoms with Crippen molar-refractivity contribution >= 4 is 23.5 Å². The van der Waals surface area contributed by atoms with E-state index in [1.165, 1.54) is 0 Å². The average Bonchev–Trinajstić information content (AvgIpc) is 2.47. The van der Waals surface area contributed by atoms with Crippen LogP contribution in [0.3, 0.4) is 0 Å².